The molecule has 0 aliphatic carbocycles. The van der Waals surface area contributed by atoms with E-state index in [1.54, 1.807) is 13.2 Å². The number of aromatic nitrogens is 2. The molecule has 0 radical (unpaired) electrons. The molecule has 0 spiro atoms. The lowest BCUT2D eigenvalue weighted by Gasteiger charge is -2.19. The number of nitrogens with one attached hydrogen (secondary N) is 1. The van der Waals surface area contributed by atoms with Gasteiger partial charge >= 0.3 is 36.4 Å². The Hall–Kier alpha value is -4.69. The number of carbonyl (C=O) groups is 4. The summed E-state index contributed by atoms with van der Waals surface area (Å²) in [7, 11) is 5.50. The molecule has 4 N–H and O–H groups in total. The Kier molecular flexibility index (Phi) is 15.9. The van der Waals surface area contributed by atoms with Gasteiger partial charge in [0, 0.05) is 65.3 Å². The molecule has 1 amide bonds. The van der Waals surface area contributed by atoms with Gasteiger partial charge < -0.3 is 25.5 Å². The molecule has 1 aliphatic rings. The van der Waals surface area contributed by atoms with E-state index in [1.165, 1.54) is 11.1 Å². The number of hydrogen-bond donors (Lipinski definition) is 4. The molecule has 1 aliphatic heterocycles. The fourth-order valence-corrected chi connectivity index (χ4v) is 3.22. The van der Waals surface area contributed by atoms with Gasteiger partial charge in [-0.15, -0.1) is 0 Å². The first-order valence-corrected chi connectivity index (χ1v) is 12.4. The number of anilines is 1. The molecule has 46 heavy (non-hydrogen) atoms. The van der Waals surface area contributed by atoms with Gasteiger partial charge in [0.05, 0.1) is 5.56 Å². The van der Waals surface area contributed by atoms with Crippen LogP contribution in [-0.4, -0.2) is 107 Å². The van der Waals surface area contributed by atoms with Crippen molar-refractivity contribution in [2.24, 2.45) is 0 Å². The average Bonchev–Trinajstić information content (AvgIpc) is 3.13. The lowest BCUT2D eigenvalue weighted by Crippen LogP contribution is -2.26. The highest BCUT2D eigenvalue weighted by Gasteiger charge is 2.39. The van der Waals surface area contributed by atoms with Crippen LogP contribution in [0, 0.1) is 0 Å². The first-order valence-electron chi connectivity index (χ1n) is 12.4. The number of carboxylic acid groups (broad SMARTS) is 3. The van der Waals surface area contributed by atoms with E-state index in [9.17, 15) is 44.3 Å². The van der Waals surface area contributed by atoms with Crippen molar-refractivity contribution in [1.82, 2.24) is 20.2 Å². The maximum atomic E-state index is 12.2. The molecule has 21 heteroatoms. The van der Waals surface area contributed by atoms with Crippen LogP contribution in [0.4, 0.5) is 45.3 Å². The minimum atomic E-state index is -5.08. The molecule has 0 atom stereocenters. The van der Waals surface area contributed by atoms with Crippen molar-refractivity contribution < 1.29 is 74.0 Å². The van der Waals surface area contributed by atoms with E-state index in [0.717, 1.165) is 44.0 Å². The predicted octanol–water partition coefficient (Wildman–Crippen LogP) is 3.40. The predicted molar refractivity (Wildman–Crippen MR) is 140 cm³/mol. The highest BCUT2D eigenvalue weighted by Crippen LogP contribution is 2.24. The summed E-state index contributed by atoms with van der Waals surface area (Å²) >= 11 is 0. The van der Waals surface area contributed by atoms with Gasteiger partial charge in [0.25, 0.3) is 5.91 Å². The Bertz CT molecular complexity index is 1260. The number of alkyl halides is 9. The minimum absolute atomic E-state index is 0.0875. The van der Waals surface area contributed by atoms with Crippen molar-refractivity contribution in [2.45, 2.75) is 37.9 Å². The Morgan fingerprint density at radius 1 is 0.870 bits per heavy atom. The molecule has 0 aromatic carbocycles. The SMILES string of the molecule is CNC(=O)c1cc2c(nc1N(C)C)CCN(Cc1cccnc1)CC2.O=C(O)C(F)(F)F.O=C(O)C(F)(F)F.O=C(O)C(F)(F)F. The topological polar surface area (TPSA) is 173 Å². The summed E-state index contributed by atoms with van der Waals surface area (Å²) < 4.78 is 95.2. The minimum Gasteiger partial charge on any atom is -0.475 e. The van der Waals surface area contributed by atoms with Crippen LogP contribution in [0.1, 0.15) is 27.2 Å². The molecule has 258 valence electrons. The summed E-state index contributed by atoms with van der Waals surface area (Å²) in [6.45, 7) is 2.81. The van der Waals surface area contributed by atoms with Crippen LogP contribution in [0.15, 0.2) is 30.6 Å². The zero-order chi connectivity index (χ0) is 36.0. The van der Waals surface area contributed by atoms with Crippen molar-refractivity contribution in [3.05, 3.63) is 53.0 Å². The highest BCUT2D eigenvalue weighted by atomic mass is 19.4. The Labute approximate surface area is 254 Å². The molecule has 0 bridgehead atoms. The molecule has 12 nitrogen and oxygen atoms in total. The number of fused-ring (bicyclic) bond motifs is 1. The Balaban J connectivity index is 0.000000786. The normalized spacial score (nSPS) is 13.0. The number of hydrogen-bond acceptors (Lipinski definition) is 8. The van der Waals surface area contributed by atoms with Crippen LogP contribution in [-0.2, 0) is 33.8 Å². The van der Waals surface area contributed by atoms with Crippen molar-refractivity contribution in [1.29, 1.82) is 0 Å². The summed E-state index contributed by atoms with van der Waals surface area (Å²) in [5.74, 6) is -7.62. The van der Waals surface area contributed by atoms with Gasteiger partial charge in [0.1, 0.15) is 5.82 Å². The lowest BCUT2D eigenvalue weighted by atomic mass is 10.0. The summed E-state index contributed by atoms with van der Waals surface area (Å²) in [5.41, 5.74) is 4.15. The number of aliphatic carboxylic acids is 3. The van der Waals surface area contributed by atoms with Gasteiger partial charge in [-0.05, 0) is 29.7 Å². The molecule has 3 rings (SSSR count). The van der Waals surface area contributed by atoms with Crippen LogP contribution in [0.2, 0.25) is 0 Å². The number of halogens is 9. The van der Waals surface area contributed by atoms with E-state index >= 15 is 0 Å². The van der Waals surface area contributed by atoms with Crippen LogP contribution in [0.5, 0.6) is 0 Å². The van der Waals surface area contributed by atoms with E-state index in [0.29, 0.717) is 5.56 Å². The van der Waals surface area contributed by atoms with E-state index in [-0.39, 0.29) is 5.91 Å². The third-order valence-electron chi connectivity index (χ3n) is 5.28. The van der Waals surface area contributed by atoms with Crippen molar-refractivity contribution >= 4 is 29.6 Å². The van der Waals surface area contributed by atoms with Crippen LogP contribution >= 0.6 is 0 Å². The monoisotopic (exact) mass is 681 g/mol. The maximum Gasteiger partial charge on any atom is 0.490 e. The molecular weight excluding hydrogens is 653 g/mol. The van der Waals surface area contributed by atoms with Gasteiger partial charge in [0.15, 0.2) is 0 Å². The van der Waals surface area contributed by atoms with Gasteiger partial charge in [0.2, 0.25) is 0 Å². The molecule has 0 unspecified atom stereocenters. The largest absolute Gasteiger partial charge is 0.490 e. The number of rotatable bonds is 4. The van der Waals surface area contributed by atoms with E-state index < -0.39 is 36.4 Å². The Morgan fingerprint density at radius 2 is 1.33 bits per heavy atom. The lowest BCUT2D eigenvalue weighted by molar-refractivity contribution is -0.193. The Morgan fingerprint density at radius 3 is 1.70 bits per heavy atom. The molecule has 3 heterocycles. The van der Waals surface area contributed by atoms with Gasteiger partial charge in [-0.25, -0.2) is 19.4 Å². The number of pyridine rings is 2. The maximum absolute atomic E-state index is 12.2. The zero-order valence-corrected chi connectivity index (χ0v) is 24.1. The first-order chi connectivity index (χ1) is 20.9. The standard InChI is InChI=1S/C19H25N5O.3C2HF3O2/c1-20-19(25)16-11-15-6-9-24(13-14-5-4-8-21-12-14)10-7-17(15)22-18(16)23(2)3;3*3-2(4,5)1(6)7/h4-5,8,11-12H,6-7,9-10,13H2,1-3H3,(H,20,25);3*(H,6,7). The second-order valence-corrected chi connectivity index (χ2v) is 8.99. The van der Waals surface area contributed by atoms with Crippen LogP contribution < -0.4 is 10.2 Å². The summed E-state index contributed by atoms with van der Waals surface area (Å²) in [6.07, 6.45) is -9.73. The third-order valence-corrected chi connectivity index (χ3v) is 5.28. The van der Waals surface area contributed by atoms with Crippen molar-refractivity contribution in [2.75, 3.05) is 39.1 Å². The van der Waals surface area contributed by atoms with Crippen LogP contribution in [0.3, 0.4) is 0 Å². The van der Waals surface area contributed by atoms with E-state index in [1.807, 2.05) is 37.3 Å². The number of nitrogens with zero attached hydrogens (tertiary/aromatic N) is 4. The molecular formula is C25H28F9N5O7. The van der Waals surface area contributed by atoms with Crippen molar-refractivity contribution in [3.63, 3.8) is 0 Å². The molecule has 0 saturated carbocycles. The summed E-state index contributed by atoms with van der Waals surface area (Å²) in [4.78, 5) is 52.2. The van der Waals surface area contributed by atoms with Crippen molar-refractivity contribution in [3.8, 4) is 0 Å². The zero-order valence-electron chi connectivity index (χ0n) is 24.1. The van der Waals surface area contributed by atoms with Gasteiger partial charge in [-0.1, -0.05) is 6.07 Å². The molecule has 0 fully saturated rings. The second kappa shape index (κ2) is 17.7. The number of carboxylic acids is 3. The smallest absolute Gasteiger partial charge is 0.475 e. The number of amides is 1. The quantitative estimate of drug-likeness (QED) is 0.349. The van der Waals surface area contributed by atoms with Gasteiger partial charge in [-0.2, -0.15) is 39.5 Å². The summed E-state index contributed by atoms with van der Waals surface area (Å²) in [5, 5.41) is 24.1. The number of carbonyl (C=O) groups excluding carboxylic acids is 1. The van der Waals surface area contributed by atoms with Crippen LogP contribution in [0.25, 0.3) is 0 Å². The van der Waals surface area contributed by atoms with E-state index in [4.69, 9.17) is 34.7 Å². The molecule has 0 saturated heterocycles. The second-order valence-electron chi connectivity index (χ2n) is 8.99. The van der Waals surface area contributed by atoms with E-state index in [2.05, 4.69) is 21.3 Å². The fraction of sp³-hybridized carbons (Fsp3) is 0.440. The third kappa shape index (κ3) is 15.3. The van der Waals surface area contributed by atoms with Gasteiger partial charge in [-0.3, -0.25) is 14.7 Å². The molecule has 2 aromatic heterocycles. The first kappa shape index (κ1) is 41.3. The average molecular weight is 682 g/mol. The summed E-state index contributed by atoms with van der Waals surface area (Å²) in [6, 6.07) is 6.10. The highest BCUT2D eigenvalue weighted by molar-refractivity contribution is 5.99. The fourth-order valence-electron chi connectivity index (χ4n) is 3.22. The molecule has 2 aromatic rings.